The summed E-state index contributed by atoms with van der Waals surface area (Å²) in [7, 11) is 1.82. The zero-order valence-electron chi connectivity index (χ0n) is 11.2. The third-order valence-corrected chi connectivity index (χ3v) is 3.38. The van der Waals surface area contributed by atoms with Crippen molar-refractivity contribution in [1.29, 1.82) is 0 Å². The van der Waals surface area contributed by atoms with Gasteiger partial charge in [0.1, 0.15) is 17.6 Å². The second kappa shape index (κ2) is 5.02. The molecule has 2 heterocycles. The highest BCUT2D eigenvalue weighted by molar-refractivity contribution is 5.77. The lowest BCUT2D eigenvalue weighted by Gasteiger charge is -2.16. The molecule has 0 aromatic carbocycles. The van der Waals surface area contributed by atoms with E-state index in [1.165, 1.54) is 0 Å². The first-order valence-electron chi connectivity index (χ1n) is 6.32. The zero-order valence-corrected chi connectivity index (χ0v) is 11.2. The van der Waals surface area contributed by atoms with Gasteiger partial charge in [-0.1, -0.05) is 0 Å². The SMILES string of the molecule is Cc1ccc(C2CN(CCC(C)N)C(=O)N2C)o1. The maximum atomic E-state index is 12.1. The van der Waals surface area contributed by atoms with Crippen molar-refractivity contribution < 1.29 is 9.21 Å². The molecule has 0 bridgehead atoms. The van der Waals surface area contributed by atoms with Crippen molar-refractivity contribution in [1.82, 2.24) is 9.80 Å². The molecule has 0 saturated carbocycles. The molecule has 1 aliphatic heterocycles. The molecule has 2 unspecified atom stereocenters. The fourth-order valence-corrected chi connectivity index (χ4v) is 2.23. The van der Waals surface area contributed by atoms with Crippen LogP contribution in [0.5, 0.6) is 0 Å². The number of hydrogen-bond acceptors (Lipinski definition) is 3. The van der Waals surface area contributed by atoms with E-state index in [2.05, 4.69) is 0 Å². The van der Waals surface area contributed by atoms with E-state index in [0.29, 0.717) is 13.1 Å². The minimum atomic E-state index is 0.0132. The maximum Gasteiger partial charge on any atom is 0.320 e. The third-order valence-electron chi connectivity index (χ3n) is 3.38. The Kier molecular flexibility index (Phi) is 3.61. The van der Waals surface area contributed by atoms with Gasteiger partial charge in [-0.2, -0.15) is 0 Å². The zero-order chi connectivity index (χ0) is 13.3. The molecule has 0 spiro atoms. The monoisotopic (exact) mass is 251 g/mol. The van der Waals surface area contributed by atoms with Gasteiger partial charge < -0.3 is 20.0 Å². The average molecular weight is 251 g/mol. The summed E-state index contributed by atoms with van der Waals surface area (Å²) in [4.78, 5) is 15.7. The minimum absolute atomic E-state index is 0.0132. The second-order valence-corrected chi connectivity index (χ2v) is 5.07. The molecule has 1 aromatic rings. The first-order valence-corrected chi connectivity index (χ1v) is 6.32. The molecule has 1 aromatic heterocycles. The number of hydrogen-bond donors (Lipinski definition) is 1. The summed E-state index contributed by atoms with van der Waals surface area (Å²) in [5.41, 5.74) is 5.73. The van der Waals surface area contributed by atoms with E-state index in [1.807, 2.05) is 37.9 Å². The summed E-state index contributed by atoms with van der Waals surface area (Å²) in [5.74, 6) is 1.73. The first kappa shape index (κ1) is 13.0. The van der Waals surface area contributed by atoms with E-state index in [-0.39, 0.29) is 18.1 Å². The number of aryl methyl sites for hydroxylation is 1. The van der Waals surface area contributed by atoms with Crippen LogP contribution in [0.1, 0.15) is 30.9 Å². The number of carbonyl (C=O) groups excluding carboxylic acids is 1. The number of urea groups is 1. The lowest BCUT2D eigenvalue weighted by Crippen LogP contribution is -2.32. The Morgan fingerprint density at radius 1 is 1.56 bits per heavy atom. The quantitative estimate of drug-likeness (QED) is 0.886. The molecule has 5 nitrogen and oxygen atoms in total. The van der Waals surface area contributed by atoms with E-state index in [9.17, 15) is 4.79 Å². The van der Waals surface area contributed by atoms with Crippen LogP contribution in [0, 0.1) is 6.92 Å². The number of nitrogens with two attached hydrogens (primary N) is 1. The van der Waals surface area contributed by atoms with Gasteiger partial charge in [0.25, 0.3) is 0 Å². The lowest BCUT2D eigenvalue weighted by atomic mass is 10.2. The van der Waals surface area contributed by atoms with Gasteiger partial charge >= 0.3 is 6.03 Å². The van der Waals surface area contributed by atoms with Crippen LogP contribution >= 0.6 is 0 Å². The normalized spacial score (nSPS) is 21.8. The predicted octanol–water partition coefficient (Wildman–Crippen LogP) is 1.73. The van der Waals surface area contributed by atoms with E-state index in [4.69, 9.17) is 10.2 Å². The molecular formula is C13H21N3O2. The molecule has 100 valence electrons. The molecule has 1 fully saturated rings. The van der Waals surface area contributed by atoms with Gasteiger partial charge in [-0.05, 0) is 32.4 Å². The summed E-state index contributed by atoms with van der Waals surface area (Å²) in [6.45, 7) is 5.25. The third kappa shape index (κ3) is 2.51. The fraction of sp³-hybridized carbons (Fsp3) is 0.615. The Hall–Kier alpha value is -1.49. The van der Waals surface area contributed by atoms with Gasteiger partial charge in [-0.15, -0.1) is 0 Å². The molecule has 2 amide bonds. The first-order chi connectivity index (χ1) is 8.49. The van der Waals surface area contributed by atoms with Gasteiger partial charge in [0, 0.05) is 19.6 Å². The highest BCUT2D eigenvalue weighted by Crippen LogP contribution is 2.29. The van der Waals surface area contributed by atoms with E-state index in [1.54, 1.807) is 4.90 Å². The number of likely N-dealkylation sites (N-methyl/N-ethyl adjacent to an activating group) is 1. The van der Waals surface area contributed by atoms with Crippen molar-refractivity contribution in [3.05, 3.63) is 23.7 Å². The van der Waals surface area contributed by atoms with Crippen LogP contribution in [-0.2, 0) is 0 Å². The van der Waals surface area contributed by atoms with Crippen LogP contribution in [-0.4, -0.2) is 42.0 Å². The summed E-state index contributed by atoms with van der Waals surface area (Å²) in [6, 6.07) is 4.05. The van der Waals surface area contributed by atoms with E-state index in [0.717, 1.165) is 17.9 Å². The molecule has 2 N–H and O–H groups in total. The Labute approximate surface area is 108 Å². The predicted molar refractivity (Wildman–Crippen MR) is 69.2 cm³/mol. The van der Waals surface area contributed by atoms with Crippen molar-refractivity contribution in [2.45, 2.75) is 32.4 Å². The molecule has 2 rings (SSSR count). The van der Waals surface area contributed by atoms with Crippen LogP contribution < -0.4 is 5.73 Å². The molecule has 1 saturated heterocycles. The number of furan rings is 1. The van der Waals surface area contributed by atoms with Crippen molar-refractivity contribution in [3.63, 3.8) is 0 Å². The van der Waals surface area contributed by atoms with Crippen LogP contribution in [0.25, 0.3) is 0 Å². The average Bonchev–Trinajstić information content (AvgIpc) is 2.84. The van der Waals surface area contributed by atoms with Crippen LogP contribution in [0.2, 0.25) is 0 Å². The summed E-state index contributed by atoms with van der Waals surface area (Å²) in [5, 5.41) is 0. The number of carbonyl (C=O) groups is 1. The Morgan fingerprint density at radius 2 is 2.28 bits per heavy atom. The Balaban J connectivity index is 2.05. The van der Waals surface area contributed by atoms with Crippen LogP contribution in [0.3, 0.4) is 0 Å². The lowest BCUT2D eigenvalue weighted by molar-refractivity contribution is 0.193. The minimum Gasteiger partial charge on any atom is -0.464 e. The van der Waals surface area contributed by atoms with Gasteiger partial charge in [-0.25, -0.2) is 4.79 Å². The standard InChI is InChI=1S/C13H21N3O2/c1-9(14)6-7-16-8-11(15(3)13(16)17)12-5-4-10(2)18-12/h4-5,9,11H,6-8,14H2,1-3H3. The topological polar surface area (TPSA) is 62.7 Å². The highest BCUT2D eigenvalue weighted by atomic mass is 16.3. The van der Waals surface area contributed by atoms with Crippen molar-refractivity contribution in [2.24, 2.45) is 5.73 Å². The Bertz CT molecular complexity index is 428. The molecule has 2 atom stereocenters. The number of amides is 2. The fourth-order valence-electron chi connectivity index (χ4n) is 2.23. The second-order valence-electron chi connectivity index (χ2n) is 5.07. The largest absolute Gasteiger partial charge is 0.464 e. The number of nitrogens with zero attached hydrogens (tertiary/aromatic N) is 2. The summed E-state index contributed by atoms with van der Waals surface area (Å²) < 4.78 is 5.61. The van der Waals surface area contributed by atoms with Crippen LogP contribution in [0.15, 0.2) is 16.5 Å². The summed E-state index contributed by atoms with van der Waals surface area (Å²) >= 11 is 0. The van der Waals surface area contributed by atoms with Crippen molar-refractivity contribution >= 4 is 6.03 Å². The van der Waals surface area contributed by atoms with E-state index < -0.39 is 0 Å². The highest BCUT2D eigenvalue weighted by Gasteiger charge is 2.36. The van der Waals surface area contributed by atoms with E-state index >= 15 is 0 Å². The van der Waals surface area contributed by atoms with Crippen LogP contribution in [0.4, 0.5) is 4.79 Å². The molecule has 0 aliphatic carbocycles. The molecular weight excluding hydrogens is 230 g/mol. The van der Waals surface area contributed by atoms with Gasteiger partial charge in [-0.3, -0.25) is 0 Å². The Morgan fingerprint density at radius 3 is 2.83 bits per heavy atom. The van der Waals surface area contributed by atoms with Gasteiger partial charge in [0.2, 0.25) is 0 Å². The maximum absolute atomic E-state index is 12.1. The molecule has 1 aliphatic rings. The molecule has 5 heteroatoms. The molecule has 0 radical (unpaired) electrons. The van der Waals surface area contributed by atoms with Crippen molar-refractivity contribution in [3.8, 4) is 0 Å². The molecule has 18 heavy (non-hydrogen) atoms. The van der Waals surface area contributed by atoms with Crippen molar-refractivity contribution in [2.75, 3.05) is 20.1 Å². The van der Waals surface area contributed by atoms with Gasteiger partial charge in [0.05, 0.1) is 6.54 Å². The van der Waals surface area contributed by atoms with Gasteiger partial charge in [0.15, 0.2) is 0 Å². The number of rotatable bonds is 4. The summed E-state index contributed by atoms with van der Waals surface area (Å²) in [6.07, 6.45) is 0.823. The smallest absolute Gasteiger partial charge is 0.320 e.